The van der Waals surface area contributed by atoms with Gasteiger partial charge in [-0.15, -0.1) is 0 Å². The number of nitrogens with zero attached hydrogens (tertiary/aromatic N) is 2. The first-order valence-electron chi connectivity index (χ1n) is 7.17. The summed E-state index contributed by atoms with van der Waals surface area (Å²) < 4.78 is 5.64. The highest BCUT2D eigenvalue weighted by molar-refractivity contribution is 6.30. The number of hydrogen-bond acceptors (Lipinski definition) is 4. The molecule has 0 atom stereocenters. The smallest absolute Gasteiger partial charge is 0.251 e. The van der Waals surface area contributed by atoms with E-state index in [-0.39, 0.29) is 5.56 Å². The maximum atomic E-state index is 11.4. The SMILES string of the molecule is Cc1nc(CN(C)CCCOc2ccc(Cl)cc2)cc(=O)[nH]1. The zero-order chi connectivity index (χ0) is 15.9. The quantitative estimate of drug-likeness (QED) is 0.796. The Morgan fingerprint density at radius 2 is 2.05 bits per heavy atom. The van der Waals surface area contributed by atoms with E-state index in [9.17, 15) is 4.79 Å². The number of halogens is 1. The van der Waals surface area contributed by atoms with Crippen molar-refractivity contribution in [2.45, 2.75) is 19.9 Å². The first-order chi connectivity index (χ1) is 10.5. The van der Waals surface area contributed by atoms with Gasteiger partial charge in [-0.25, -0.2) is 4.98 Å². The lowest BCUT2D eigenvalue weighted by Gasteiger charge is -2.16. The zero-order valence-corrected chi connectivity index (χ0v) is 13.6. The number of ether oxygens (including phenoxy) is 1. The van der Waals surface area contributed by atoms with Gasteiger partial charge in [-0.1, -0.05) is 11.6 Å². The summed E-state index contributed by atoms with van der Waals surface area (Å²) in [6.45, 7) is 3.92. The third-order valence-corrected chi connectivity index (χ3v) is 3.36. The average molecular weight is 322 g/mol. The molecular weight excluding hydrogens is 302 g/mol. The highest BCUT2D eigenvalue weighted by Crippen LogP contribution is 2.15. The van der Waals surface area contributed by atoms with E-state index in [1.165, 1.54) is 6.07 Å². The molecule has 0 radical (unpaired) electrons. The van der Waals surface area contributed by atoms with Crippen LogP contribution in [-0.2, 0) is 6.54 Å². The van der Waals surface area contributed by atoms with Crippen molar-refractivity contribution >= 4 is 11.6 Å². The summed E-state index contributed by atoms with van der Waals surface area (Å²) in [4.78, 5) is 20.5. The Morgan fingerprint density at radius 1 is 1.32 bits per heavy atom. The van der Waals surface area contributed by atoms with Crippen molar-refractivity contribution in [2.24, 2.45) is 0 Å². The van der Waals surface area contributed by atoms with Crippen LogP contribution in [0.5, 0.6) is 5.75 Å². The first-order valence-corrected chi connectivity index (χ1v) is 7.54. The molecule has 22 heavy (non-hydrogen) atoms. The van der Waals surface area contributed by atoms with E-state index in [0.29, 0.717) is 24.0 Å². The highest BCUT2D eigenvalue weighted by Gasteiger charge is 2.04. The second-order valence-electron chi connectivity index (χ2n) is 5.22. The maximum Gasteiger partial charge on any atom is 0.251 e. The number of hydrogen-bond donors (Lipinski definition) is 1. The molecule has 0 aliphatic rings. The lowest BCUT2D eigenvalue weighted by molar-refractivity contribution is 0.257. The molecule has 0 bridgehead atoms. The molecule has 2 rings (SSSR count). The fourth-order valence-corrected chi connectivity index (χ4v) is 2.26. The number of rotatable bonds is 7. The van der Waals surface area contributed by atoms with E-state index in [1.54, 1.807) is 6.92 Å². The minimum absolute atomic E-state index is 0.109. The molecule has 0 saturated carbocycles. The molecule has 1 aromatic heterocycles. The van der Waals surface area contributed by atoms with Gasteiger partial charge in [0.1, 0.15) is 11.6 Å². The van der Waals surface area contributed by atoms with Crippen LogP contribution in [0, 0.1) is 6.92 Å². The van der Waals surface area contributed by atoms with Gasteiger partial charge in [-0.3, -0.25) is 4.79 Å². The van der Waals surface area contributed by atoms with Gasteiger partial charge in [-0.2, -0.15) is 0 Å². The fraction of sp³-hybridized carbons (Fsp3) is 0.375. The third kappa shape index (κ3) is 5.50. The summed E-state index contributed by atoms with van der Waals surface area (Å²) >= 11 is 5.82. The molecule has 6 heteroatoms. The van der Waals surface area contributed by atoms with Crippen LogP contribution in [-0.4, -0.2) is 35.1 Å². The molecule has 0 aliphatic heterocycles. The van der Waals surface area contributed by atoms with Gasteiger partial charge < -0.3 is 14.6 Å². The van der Waals surface area contributed by atoms with Gasteiger partial charge in [-0.05, 0) is 44.7 Å². The van der Waals surface area contributed by atoms with Crippen LogP contribution >= 0.6 is 11.6 Å². The van der Waals surface area contributed by atoms with Crippen molar-refractivity contribution in [3.8, 4) is 5.75 Å². The number of aryl methyl sites for hydroxylation is 1. The second kappa shape index (κ2) is 7.96. The van der Waals surface area contributed by atoms with Crippen LogP contribution in [0.15, 0.2) is 35.1 Å². The van der Waals surface area contributed by atoms with Crippen molar-refractivity contribution in [3.63, 3.8) is 0 Å². The number of aromatic nitrogens is 2. The zero-order valence-electron chi connectivity index (χ0n) is 12.8. The molecule has 5 nitrogen and oxygen atoms in total. The predicted octanol–water partition coefficient (Wildman–Crippen LogP) is 2.63. The van der Waals surface area contributed by atoms with E-state index >= 15 is 0 Å². The molecule has 0 amide bonds. The summed E-state index contributed by atoms with van der Waals surface area (Å²) in [5.74, 6) is 1.46. The van der Waals surface area contributed by atoms with Crippen LogP contribution in [0.3, 0.4) is 0 Å². The average Bonchev–Trinajstić information content (AvgIpc) is 2.44. The standard InChI is InChI=1S/C16H20ClN3O2/c1-12-18-14(10-16(21)19-12)11-20(2)8-3-9-22-15-6-4-13(17)5-7-15/h4-7,10H,3,8-9,11H2,1-2H3,(H,18,19,21). The molecular formula is C16H20ClN3O2. The third-order valence-electron chi connectivity index (χ3n) is 3.11. The summed E-state index contributed by atoms with van der Waals surface area (Å²) in [5, 5.41) is 0.702. The lowest BCUT2D eigenvalue weighted by atomic mass is 10.3. The summed E-state index contributed by atoms with van der Waals surface area (Å²) in [7, 11) is 2.00. The van der Waals surface area contributed by atoms with Crippen LogP contribution < -0.4 is 10.3 Å². The second-order valence-corrected chi connectivity index (χ2v) is 5.65. The normalized spacial score (nSPS) is 10.9. The Morgan fingerprint density at radius 3 is 2.73 bits per heavy atom. The molecule has 1 heterocycles. The van der Waals surface area contributed by atoms with Gasteiger partial charge in [0.2, 0.25) is 0 Å². The molecule has 0 unspecified atom stereocenters. The number of nitrogens with one attached hydrogen (secondary N) is 1. The molecule has 2 aromatic rings. The van der Waals surface area contributed by atoms with Crippen LogP contribution in [0.2, 0.25) is 5.02 Å². The van der Waals surface area contributed by atoms with Gasteiger partial charge in [0.15, 0.2) is 0 Å². The molecule has 118 valence electrons. The minimum Gasteiger partial charge on any atom is -0.494 e. The molecule has 0 saturated heterocycles. The Kier molecular flexibility index (Phi) is 5.98. The summed E-state index contributed by atoms with van der Waals surface area (Å²) in [6.07, 6.45) is 0.890. The lowest BCUT2D eigenvalue weighted by Crippen LogP contribution is -2.23. The van der Waals surface area contributed by atoms with Gasteiger partial charge in [0.05, 0.1) is 12.3 Å². The summed E-state index contributed by atoms with van der Waals surface area (Å²) in [6, 6.07) is 8.87. The number of aromatic amines is 1. The highest BCUT2D eigenvalue weighted by atomic mass is 35.5. The monoisotopic (exact) mass is 321 g/mol. The van der Waals surface area contributed by atoms with E-state index < -0.39 is 0 Å². The Bertz CT molecular complexity index is 655. The Balaban J connectivity index is 1.72. The Hall–Kier alpha value is -1.85. The van der Waals surface area contributed by atoms with Crippen molar-refractivity contribution in [3.05, 3.63) is 57.2 Å². The minimum atomic E-state index is -0.109. The van der Waals surface area contributed by atoms with Gasteiger partial charge in [0.25, 0.3) is 5.56 Å². The van der Waals surface area contributed by atoms with Crippen LogP contribution in [0.25, 0.3) is 0 Å². The van der Waals surface area contributed by atoms with E-state index in [4.69, 9.17) is 16.3 Å². The van der Waals surface area contributed by atoms with Crippen molar-refractivity contribution in [1.29, 1.82) is 0 Å². The van der Waals surface area contributed by atoms with Crippen molar-refractivity contribution in [1.82, 2.24) is 14.9 Å². The largest absolute Gasteiger partial charge is 0.494 e. The summed E-state index contributed by atoms with van der Waals surface area (Å²) in [5.41, 5.74) is 0.671. The van der Waals surface area contributed by atoms with E-state index in [1.807, 2.05) is 31.3 Å². The van der Waals surface area contributed by atoms with Crippen LogP contribution in [0.1, 0.15) is 17.9 Å². The maximum absolute atomic E-state index is 11.4. The Labute approximate surface area is 134 Å². The van der Waals surface area contributed by atoms with E-state index in [2.05, 4.69) is 14.9 Å². The number of benzene rings is 1. The van der Waals surface area contributed by atoms with Crippen molar-refractivity contribution in [2.75, 3.05) is 20.2 Å². The molecule has 1 aromatic carbocycles. The fourth-order valence-electron chi connectivity index (χ4n) is 2.13. The first kappa shape index (κ1) is 16.5. The van der Waals surface area contributed by atoms with Gasteiger partial charge in [0, 0.05) is 24.2 Å². The van der Waals surface area contributed by atoms with Gasteiger partial charge >= 0.3 is 0 Å². The topological polar surface area (TPSA) is 58.2 Å². The predicted molar refractivity (Wildman–Crippen MR) is 87.5 cm³/mol. The molecule has 0 aliphatic carbocycles. The molecule has 1 N–H and O–H groups in total. The van der Waals surface area contributed by atoms with Crippen LogP contribution in [0.4, 0.5) is 0 Å². The number of H-pyrrole nitrogens is 1. The molecule has 0 spiro atoms. The van der Waals surface area contributed by atoms with E-state index in [0.717, 1.165) is 24.4 Å². The molecule has 0 fully saturated rings. The van der Waals surface area contributed by atoms with Crippen molar-refractivity contribution < 1.29 is 4.74 Å².